The average molecular weight is 326 g/mol. The third kappa shape index (κ3) is 7.04. The highest BCUT2D eigenvalue weighted by atomic mass is 32.2. The number of carbonyl (C=O) groups excluding carboxylic acids is 1. The van der Waals surface area contributed by atoms with E-state index in [1.165, 1.54) is 10.6 Å². The van der Waals surface area contributed by atoms with Gasteiger partial charge in [-0.25, -0.2) is 8.42 Å². The molecule has 0 atom stereocenters. The second-order valence-electron chi connectivity index (χ2n) is 5.54. The molecule has 124 valence electrons. The van der Waals surface area contributed by atoms with E-state index < -0.39 is 10.0 Å². The summed E-state index contributed by atoms with van der Waals surface area (Å²) in [6.45, 7) is 5.16. The maximum atomic E-state index is 11.9. The molecule has 22 heavy (non-hydrogen) atoms. The minimum Gasteiger partial charge on any atom is -0.356 e. The molecule has 0 unspecified atom stereocenters. The molecule has 0 aromatic heterocycles. The van der Waals surface area contributed by atoms with E-state index in [2.05, 4.69) is 12.2 Å². The lowest BCUT2D eigenvalue weighted by Gasteiger charge is -2.20. The first kappa shape index (κ1) is 18.6. The van der Waals surface area contributed by atoms with Crippen LogP contribution in [0.1, 0.15) is 37.3 Å². The van der Waals surface area contributed by atoms with Crippen LogP contribution in [0.4, 0.5) is 0 Å². The van der Waals surface area contributed by atoms with E-state index in [9.17, 15) is 13.2 Å². The normalized spacial score (nSPS) is 11.6. The number of sulfonamides is 1. The van der Waals surface area contributed by atoms with Crippen LogP contribution in [0.25, 0.3) is 0 Å². The first-order valence-corrected chi connectivity index (χ1v) is 9.45. The van der Waals surface area contributed by atoms with E-state index in [4.69, 9.17) is 0 Å². The Morgan fingerprint density at radius 1 is 1.32 bits per heavy atom. The highest BCUT2D eigenvalue weighted by molar-refractivity contribution is 7.88. The van der Waals surface area contributed by atoms with Gasteiger partial charge in [0.15, 0.2) is 0 Å². The average Bonchev–Trinajstić information content (AvgIpc) is 2.42. The maximum Gasteiger partial charge on any atom is 0.221 e. The van der Waals surface area contributed by atoms with Crippen molar-refractivity contribution in [2.24, 2.45) is 0 Å². The first-order chi connectivity index (χ1) is 10.3. The predicted octanol–water partition coefficient (Wildman–Crippen LogP) is 2.06. The van der Waals surface area contributed by atoms with Gasteiger partial charge in [0.1, 0.15) is 0 Å². The summed E-state index contributed by atoms with van der Waals surface area (Å²) in [4.78, 5) is 11.7. The van der Waals surface area contributed by atoms with Crippen LogP contribution in [0, 0.1) is 6.92 Å². The van der Waals surface area contributed by atoms with Crippen LogP contribution in [0.3, 0.4) is 0 Å². The van der Waals surface area contributed by atoms with E-state index in [-0.39, 0.29) is 18.9 Å². The molecule has 0 heterocycles. The maximum absolute atomic E-state index is 11.9. The summed E-state index contributed by atoms with van der Waals surface area (Å²) in [5, 5.41) is 2.80. The van der Waals surface area contributed by atoms with Crippen LogP contribution in [-0.2, 0) is 21.4 Å². The molecule has 0 spiro atoms. The van der Waals surface area contributed by atoms with Crippen molar-refractivity contribution in [1.82, 2.24) is 9.62 Å². The fourth-order valence-electron chi connectivity index (χ4n) is 2.10. The molecule has 1 rings (SSSR count). The van der Waals surface area contributed by atoms with Gasteiger partial charge in [0.25, 0.3) is 0 Å². The summed E-state index contributed by atoms with van der Waals surface area (Å²) in [5.41, 5.74) is 2.01. The molecule has 0 saturated heterocycles. The number of aryl methyl sites for hydroxylation is 1. The summed E-state index contributed by atoms with van der Waals surface area (Å²) >= 11 is 0. The molecule has 1 amide bonds. The molecule has 6 heteroatoms. The summed E-state index contributed by atoms with van der Waals surface area (Å²) < 4.78 is 25.1. The smallest absolute Gasteiger partial charge is 0.221 e. The number of hydrogen-bond donors (Lipinski definition) is 1. The number of nitrogens with one attached hydrogen (secondary N) is 1. The zero-order chi connectivity index (χ0) is 16.6. The highest BCUT2D eigenvalue weighted by Crippen LogP contribution is 2.11. The fourth-order valence-corrected chi connectivity index (χ4v) is 2.90. The monoisotopic (exact) mass is 326 g/mol. The molecule has 0 bridgehead atoms. The number of rotatable bonds is 9. The molecule has 0 aliphatic rings. The number of hydrogen-bond acceptors (Lipinski definition) is 3. The molecule has 0 saturated carbocycles. The first-order valence-electron chi connectivity index (χ1n) is 7.60. The van der Waals surface area contributed by atoms with Gasteiger partial charge in [0, 0.05) is 26.1 Å². The van der Waals surface area contributed by atoms with E-state index >= 15 is 0 Å². The molecule has 0 fully saturated rings. The summed E-state index contributed by atoms with van der Waals surface area (Å²) in [5.74, 6) is -0.105. The van der Waals surface area contributed by atoms with Gasteiger partial charge in [0.2, 0.25) is 15.9 Å². The number of carbonyl (C=O) groups is 1. The van der Waals surface area contributed by atoms with Crippen LogP contribution in [0.15, 0.2) is 24.3 Å². The molecule has 1 aromatic rings. The minimum atomic E-state index is -3.34. The van der Waals surface area contributed by atoms with Crippen molar-refractivity contribution in [3.8, 4) is 0 Å². The predicted molar refractivity (Wildman–Crippen MR) is 89.0 cm³/mol. The van der Waals surface area contributed by atoms with Crippen LogP contribution < -0.4 is 5.32 Å². The zero-order valence-electron chi connectivity index (χ0n) is 13.6. The number of nitrogens with zero attached hydrogens (tertiary/aromatic N) is 1. The van der Waals surface area contributed by atoms with Gasteiger partial charge in [-0.15, -0.1) is 0 Å². The van der Waals surface area contributed by atoms with Gasteiger partial charge in [-0.1, -0.05) is 43.2 Å². The number of benzene rings is 1. The molecule has 0 aliphatic carbocycles. The lowest BCUT2D eigenvalue weighted by molar-refractivity contribution is -0.121. The number of amides is 1. The lowest BCUT2D eigenvalue weighted by Crippen LogP contribution is -2.34. The van der Waals surface area contributed by atoms with Crippen molar-refractivity contribution < 1.29 is 13.2 Å². The molecule has 1 N–H and O–H groups in total. The van der Waals surface area contributed by atoms with Crippen molar-refractivity contribution >= 4 is 15.9 Å². The fraction of sp³-hybridized carbons (Fsp3) is 0.562. The van der Waals surface area contributed by atoms with Gasteiger partial charge < -0.3 is 5.32 Å². The van der Waals surface area contributed by atoms with E-state index in [0.717, 1.165) is 24.0 Å². The third-order valence-corrected chi connectivity index (χ3v) is 4.60. The largest absolute Gasteiger partial charge is 0.356 e. The van der Waals surface area contributed by atoms with Gasteiger partial charge >= 0.3 is 0 Å². The molecular weight excluding hydrogens is 300 g/mol. The van der Waals surface area contributed by atoms with Crippen molar-refractivity contribution in [3.63, 3.8) is 0 Å². The van der Waals surface area contributed by atoms with Crippen LogP contribution >= 0.6 is 0 Å². The van der Waals surface area contributed by atoms with Crippen LogP contribution in [0.5, 0.6) is 0 Å². The van der Waals surface area contributed by atoms with Gasteiger partial charge in [-0.05, 0) is 18.9 Å². The third-order valence-electron chi connectivity index (χ3n) is 3.35. The Bertz CT molecular complexity index is 585. The van der Waals surface area contributed by atoms with Gasteiger partial charge in [0.05, 0.1) is 6.26 Å². The summed E-state index contributed by atoms with van der Waals surface area (Å²) in [6.07, 6.45) is 3.31. The van der Waals surface area contributed by atoms with Crippen molar-refractivity contribution in [2.45, 2.75) is 39.7 Å². The Balaban J connectivity index is 2.61. The van der Waals surface area contributed by atoms with E-state index in [1.54, 1.807) is 0 Å². The van der Waals surface area contributed by atoms with E-state index in [1.807, 2.05) is 31.2 Å². The van der Waals surface area contributed by atoms with Crippen molar-refractivity contribution in [1.29, 1.82) is 0 Å². The molecular formula is C16H26N2O3S. The Labute approximate surface area is 133 Å². The lowest BCUT2D eigenvalue weighted by atomic mass is 10.1. The van der Waals surface area contributed by atoms with Crippen molar-refractivity contribution in [3.05, 3.63) is 35.4 Å². The Morgan fingerprint density at radius 2 is 2.05 bits per heavy atom. The van der Waals surface area contributed by atoms with Crippen LogP contribution in [0.2, 0.25) is 0 Å². The Hall–Kier alpha value is -1.40. The molecule has 1 aromatic carbocycles. The SMILES string of the molecule is CCCCNC(=O)CCN(Cc1cccc(C)c1)S(C)(=O)=O. The van der Waals surface area contributed by atoms with Crippen LogP contribution in [-0.4, -0.2) is 38.0 Å². The Morgan fingerprint density at radius 3 is 2.64 bits per heavy atom. The quantitative estimate of drug-likeness (QED) is 0.706. The molecule has 5 nitrogen and oxygen atoms in total. The number of unbranched alkanes of at least 4 members (excludes halogenated alkanes) is 1. The zero-order valence-corrected chi connectivity index (χ0v) is 14.4. The Kier molecular flexibility index (Phi) is 7.55. The molecule has 0 radical (unpaired) electrons. The van der Waals surface area contributed by atoms with E-state index in [0.29, 0.717) is 13.1 Å². The van der Waals surface area contributed by atoms with Gasteiger partial charge in [-0.2, -0.15) is 4.31 Å². The second-order valence-corrected chi connectivity index (χ2v) is 7.52. The summed E-state index contributed by atoms with van der Waals surface area (Å²) in [6, 6.07) is 7.73. The van der Waals surface area contributed by atoms with Gasteiger partial charge in [-0.3, -0.25) is 4.79 Å². The second kappa shape index (κ2) is 8.90. The standard InChI is InChI=1S/C16H26N2O3S/c1-4-5-10-17-16(19)9-11-18(22(3,20)21)13-15-8-6-7-14(2)12-15/h6-8,12H,4-5,9-11,13H2,1-3H3,(H,17,19). The minimum absolute atomic E-state index is 0.105. The topological polar surface area (TPSA) is 66.5 Å². The summed E-state index contributed by atoms with van der Waals surface area (Å²) in [7, 11) is -3.34. The molecule has 0 aliphatic heterocycles. The van der Waals surface area contributed by atoms with Crippen molar-refractivity contribution in [2.75, 3.05) is 19.3 Å². The highest BCUT2D eigenvalue weighted by Gasteiger charge is 2.18.